The molecule has 19 heavy (non-hydrogen) atoms. The molecule has 1 aromatic carbocycles. The molecule has 1 saturated carbocycles. The molecule has 2 rings (SSSR count). The number of rotatable bonds is 6. The Kier molecular flexibility index (Phi) is 4.51. The first-order chi connectivity index (χ1) is 9.09. The minimum absolute atomic E-state index is 0.0909. The van der Waals surface area contributed by atoms with E-state index >= 15 is 0 Å². The lowest BCUT2D eigenvalue weighted by atomic mass is 9.75. The van der Waals surface area contributed by atoms with Crippen LogP contribution >= 0.6 is 0 Å². The summed E-state index contributed by atoms with van der Waals surface area (Å²) in [5, 5.41) is 0. The van der Waals surface area contributed by atoms with Crippen LogP contribution in [0.1, 0.15) is 45.1 Å². The van der Waals surface area contributed by atoms with Crippen molar-refractivity contribution in [2.75, 3.05) is 18.0 Å². The van der Waals surface area contributed by atoms with Crippen molar-refractivity contribution in [2.24, 2.45) is 11.7 Å². The first-order valence-corrected chi connectivity index (χ1v) is 7.63. The summed E-state index contributed by atoms with van der Waals surface area (Å²) >= 11 is 0. The Bertz CT molecular complexity index is 411. The van der Waals surface area contributed by atoms with Gasteiger partial charge in [-0.25, -0.2) is 0 Å². The molecule has 0 aromatic heterocycles. The van der Waals surface area contributed by atoms with Crippen molar-refractivity contribution >= 4 is 5.69 Å². The predicted octanol–water partition coefficient (Wildman–Crippen LogP) is 3.73. The Morgan fingerprint density at radius 2 is 2.11 bits per heavy atom. The van der Waals surface area contributed by atoms with E-state index in [1.807, 2.05) is 0 Å². The highest BCUT2D eigenvalue weighted by Gasteiger charge is 2.34. The molecule has 2 nitrogen and oxygen atoms in total. The van der Waals surface area contributed by atoms with E-state index < -0.39 is 0 Å². The minimum Gasteiger partial charge on any atom is -0.365 e. The van der Waals surface area contributed by atoms with Crippen LogP contribution in [0.25, 0.3) is 0 Å². The molecule has 1 atom stereocenters. The number of benzene rings is 1. The number of aryl methyl sites for hydroxylation is 1. The van der Waals surface area contributed by atoms with Crippen LogP contribution in [0.2, 0.25) is 0 Å². The number of anilines is 1. The zero-order valence-corrected chi connectivity index (χ0v) is 12.7. The highest BCUT2D eigenvalue weighted by molar-refractivity contribution is 5.51. The average molecular weight is 260 g/mol. The van der Waals surface area contributed by atoms with Crippen molar-refractivity contribution in [3.63, 3.8) is 0 Å². The average Bonchev–Trinajstić information content (AvgIpc) is 2.35. The summed E-state index contributed by atoms with van der Waals surface area (Å²) in [7, 11) is 0. The molecule has 1 unspecified atom stereocenters. The van der Waals surface area contributed by atoms with Crippen LogP contribution in [0, 0.1) is 12.8 Å². The van der Waals surface area contributed by atoms with E-state index in [0.29, 0.717) is 0 Å². The molecule has 1 aliphatic carbocycles. The quantitative estimate of drug-likeness (QED) is 0.844. The number of nitrogens with zero attached hydrogens (tertiary/aromatic N) is 1. The monoisotopic (exact) mass is 260 g/mol. The molecule has 1 aliphatic rings. The molecule has 2 N–H and O–H groups in total. The first kappa shape index (κ1) is 14.4. The molecular weight excluding hydrogens is 232 g/mol. The minimum atomic E-state index is 0.0909. The van der Waals surface area contributed by atoms with E-state index in [9.17, 15) is 0 Å². The van der Waals surface area contributed by atoms with Crippen molar-refractivity contribution in [3.8, 4) is 0 Å². The molecule has 2 heteroatoms. The summed E-state index contributed by atoms with van der Waals surface area (Å²) in [6.45, 7) is 8.46. The van der Waals surface area contributed by atoms with Gasteiger partial charge in [0.05, 0.1) is 0 Å². The molecule has 0 aliphatic heterocycles. The molecule has 0 saturated heterocycles. The zero-order chi connectivity index (χ0) is 13.9. The smallest absolute Gasteiger partial charge is 0.0498 e. The van der Waals surface area contributed by atoms with Crippen LogP contribution in [0.4, 0.5) is 5.69 Å². The molecule has 0 bridgehead atoms. The predicted molar refractivity (Wildman–Crippen MR) is 83.6 cm³/mol. The maximum Gasteiger partial charge on any atom is 0.0498 e. The van der Waals surface area contributed by atoms with E-state index in [-0.39, 0.29) is 5.54 Å². The summed E-state index contributed by atoms with van der Waals surface area (Å²) in [6, 6.07) is 8.79. The van der Waals surface area contributed by atoms with Crippen molar-refractivity contribution in [3.05, 3.63) is 29.8 Å². The zero-order valence-electron chi connectivity index (χ0n) is 12.7. The highest BCUT2D eigenvalue weighted by Crippen LogP contribution is 2.37. The molecule has 0 amide bonds. The molecule has 1 fully saturated rings. The van der Waals surface area contributed by atoms with Gasteiger partial charge in [-0.05, 0) is 50.8 Å². The maximum atomic E-state index is 6.14. The fraction of sp³-hybridized carbons (Fsp3) is 0.647. The van der Waals surface area contributed by atoms with E-state index in [0.717, 1.165) is 19.0 Å². The van der Waals surface area contributed by atoms with Gasteiger partial charge in [-0.1, -0.05) is 31.4 Å². The van der Waals surface area contributed by atoms with Crippen molar-refractivity contribution in [2.45, 2.75) is 52.0 Å². The van der Waals surface area contributed by atoms with Gasteiger partial charge in [-0.2, -0.15) is 0 Å². The molecule has 1 aromatic rings. The van der Waals surface area contributed by atoms with Crippen LogP contribution in [0.15, 0.2) is 24.3 Å². The van der Waals surface area contributed by atoms with E-state index in [1.165, 1.54) is 36.9 Å². The highest BCUT2D eigenvalue weighted by atomic mass is 15.2. The summed E-state index contributed by atoms with van der Waals surface area (Å²) in [4.78, 5) is 2.50. The Morgan fingerprint density at radius 3 is 2.58 bits per heavy atom. The second-order valence-electron chi connectivity index (χ2n) is 6.29. The van der Waals surface area contributed by atoms with Gasteiger partial charge in [-0.3, -0.25) is 0 Å². The second kappa shape index (κ2) is 5.96. The molecule has 106 valence electrons. The van der Waals surface area contributed by atoms with Gasteiger partial charge >= 0.3 is 0 Å². The van der Waals surface area contributed by atoms with Crippen molar-refractivity contribution in [1.29, 1.82) is 0 Å². The lowest BCUT2D eigenvalue weighted by Gasteiger charge is -2.45. The van der Waals surface area contributed by atoms with Gasteiger partial charge in [0.1, 0.15) is 0 Å². The summed E-state index contributed by atoms with van der Waals surface area (Å²) in [6.07, 6.45) is 5.41. The lowest BCUT2D eigenvalue weighted by molar-refractivity contribution is 0.229. The number of nitrogens with two attached hydrogens (primary N) is 1. The van der Waals surface area contributed by atoms with Crippen molar-refractivity contribution in [1.82, 2.24) is 0 Å². The second-order valence-corrected chi connectivity index (χ2v) is 6.29. The Labute approximate surface area is 118 Å². The van der Waals surface area contributed by atoms with Gasteiger partial charge in [0.15, 0.2) is 0 Å². The third-order valence-corrected chi connectivity index (χ3v) is 4.67. The summed E-state index contributed by atoms with van der Waals surface area (Å²) in [5.74, 6) is 0.882. The molecule has 0 heterocycles. The fourth-order valence-electron chi connectivity index (χ4n) is 3.29. The molecule has 0 spiro atoms. The number of hydrogen-bond donors (Lipinski definition) is 1. The van der Waals surface area contributed by atoms with E-state index in [4.69, 9.17) is 5.73 Å². The van der Waals surface area contributed by atoms with Gasteiger partial charge in [0, 0.05) is 24.3 Å². The van der Waals surface area contributed by atoms with Gasteiger partial charge in [0.25, 0.3) is 0 Å². The van der Waals surface area contributed by atoms with Gasteiger partial charge < -0.3 is 10.6 Å². The fourth-order valence-corrected chi connectivity index (χ4v) is 3.29. The lowest BCUT2D eigenvalue weighted by Crippen LogP contribution is -2.53. The van der Waals surface area contributed by atoms with Gasteiger partial charge in [-0.15, -0.1) is 0 Å². The number of hydrogen-bond acceptors (Lipinski definition) is 2. The topological polar surface area (TPSA) is 29.3 Å². The van der Waals surface area contributed by atoms with Crippen molar-refractivity contribution < 1.29 is 0 Å². The van der Waals surface area contributed by atoms with E-state index in [2.05, 4.69) is 49.9 Å². The normalized spacial score (nSPS) is 18.7. The Morgan fingerprint density at radius 1 is 1.37 bits per heavy atom. The summed E-state index contributed by atoms with van der Waals surface area (Å²) in [5.41, 5.74) is 8.87. The summed E-state index contributed by atoms with van der Waals surface area (Å²) < 4.78 is 0. The van der Waals surface area contributed by atoms with E-state index in [1.54, 1.807) is 0 Å². The van der Waals surface area contributed by atoms with Crippen LogP contribution in [0.3, 0.4) is 0 Å². The first-order valence-electron chi connectivity index (χ1n) is 7.63. The third kappa shape index (κ3) is 3.11. The Balaban J connectivity index is 2.21. The SMILES string of the molecule is CCN(c1cccc(C)c1)C(C)(CN)CC1CCC1. The molecular formula is C17H28N2. The molecule has 0 radical (unpaired) electrons. The standard InChI is InChI=1S/C17H28N2/c1-4-19(16-10-5-7-14(2)11-16)17(3,13-18)12-15-8-6-9-15/h5,7,10-11,15H,4,6,8-9,12-13,18H2,1-3H3. The van der Waals surface area contributed by atoms with Crippen LogP contribution in [-0.2, 0) is 0 Å². The largest absolute Gasteiger partial charge is 0.365 e. The Hall–Kier alpha value is -1.02. The van der Waals surface area contributed by atoms with Crippen LogP contribution in [-0.4, -0.2) is 18.6 Å². The van der Waals surface area contributed by atoms with Crippen LogP contribution in [0.5, 0.6) is 0 Å². The van der Waals surface area contributed by atoms with Crippen LogP contribution < -0.4 is 10.6 Å². The third-order valence-electron chi connectivity index (χ3n) is 4.67. The maximum absolute atomic E-state index is 6.14. The van der Waals surface area contributed by atoms with Gasteiger partial charge in [0.2, 0.25) is 0 Å². The number of likely N-dealkylation sites (N-methyl/N-ethyl adjacent to an activating group) is 1.